The summed E-state index contributed by atoms with van der Waals surface area (Å²) in [6, 6.07) is 1.30. The molecular formula is C22H19F4N5O5. The number of amides is 1. The lowest BCUT2D eigenvalue weighted by Crippen LogP contribution is -2.36. The zero-order valence-electron chi connectivity index (χ0n) is 18.6. The van der Waals surface area contributed by atoms with Gasteiger partial charge < -0.3 is 24.9 Å². The van der Waals surface area contributed by atoms with Crippen LogP contribution >= 0.6 is 0 Å². The Kier molecular flexibility index (Phi) is 6.77. The maximum atomic E-state index is 14.5. The van der Waals surface area contributed by atoms with Crippen molar-refractivity contribution < 1.29 is 41.4 Å². The van der Waals surface area contributed by atoms with E-state index in [1.807, 2.05) is 0 Å². The van der Waals surface area contributed by atoms with Gasteiger partial charge in [0.25, 0.3) is 0 Å². The van der Waals surface area contributed by atoms with Crippen molar-refractivity contribution >= 4 is 29.3 Å². The van der Waals surface area contributed by atoms with Gasteiger partial charge in [0.15, 0.2) is 17.5 Å². The van der Waals surface area contributed by atoms with Crippen LogP contribution in [0.15, 0.2) is 28.8 Å². The fourth-order valence-corrected chi connectivity index (χ4v) is 3.58. The van der Waals surface area contributed by atoms with Gasteiger partial charge in [0, 0.05) is 18.2 Å². The minimum Gasteiger partial charge on any atom is -0.481 e. The SMILES string of the molecule is CC1(C(=O)O)CCC(Oc2cc(F)c(NC(=O)c3nnc(Nc4cc(F)c(F)cc4F)o3)cn2)CC1. The van der Waals surface area contributed by atoms with Gasteiger partial charge in [-0.2, -0.15) is 0 Å². The minimum absolute atomic E-state index is 0.0349. The molecule has 1 aliphatic carbocycles. The van der Waals surface area contributed by atoms with Gasteiger partial charge in [-0.25, -0.2) is 22.5 Å². The van der Waals surface area contributed by atoms with Crippen LogP contribution < -0.4 is 15.4 Å². The van der Waals surface area contributed by atoms with Crippen molar-refractivity contribution in [3.05, 3.63) is 53.6 Å². The molecule has 190 valence electrons. The van der Waals surface area contributed by atoms with Crippen LogP contribution in [0.3, 0.4) is 0 Å². The third-order valence-corrected chi connectivity index (χ3v) is 5.79. The maximum Gasteiger partial charge on any atom is 0.320 e. The number of carbonyl (C=O) groups excluding carboxylic acids is 1. The normalized spacial score (nSPS) is 19.5. The van der Waals surface area contributed by atoms with Crippen LogP contribution in [0.5, 0.6) is 5.88 Å². The molecule has 10 nitrogen and oxygen atoms in total. The summed E-state index contributed by atoms with van der Waals surface area (Å²) >= 11 is 0. The highest BCUT2D eigenvalue weighted by molar-refractivity contribution is 6.00. The molecule has 0 unspecified atom stereocenters. The van der Waals surface area contributed by atoms with Crippen molar-refractivity contribution in [1.29, 1.82) is 0 Å². The van der Waals surface area contributed by atoms with E-state index in [1.165, 1.54) is 0 Å². The van der Waals surface area contributed by atoms with E-state index in [0.29, 0.717) is 37.8 Å². The standard InChI is InChI=1S/C22H19F4N5O5/c1-22(20(33)34)4-2-10(3-5-22)35-17-8-14(26)16(9-27-17)28-18(32)19-30-31-21(36-19)29-15-7-12(24)11(23)6-13(15)25/h6-10H,2-5H2,1H3,(H,28,32)(H,29,31)(H,33,34). The van der Waals surface area contributed by atoms with Gasteiger partial charge in [-0.1, -0.05) is 5.10 Å². The van der Waals surface area contributed by atoms with Crippen molar-refractivity contribution in [2.45, 2.75) is 38.7 Å². The molecule has 2 heterocycles. The number of carboxylic acid groups (broad SMARTS) is 1. The molecule has 1 fully saturated rings. The van der Waals surface area contributed by atoms with E-state index in [4.69, 9.17) is 9.15 Å². The Labute approximate surface area is 200 Å². The fraction of sp³-hybridized carbons (Fsp3) is 0.318. The van der Waals surface area contributed by atoms with Crippen LogP contribution in [0.4, 0.5) is 35.0 Å². The topological polar surface area (TPSA) is 139 Å². The van der Waals surface area contributed by atoms with E-state index in [2.05, 4.69) is 25.8 Å². The van der Waals surface area contributed by atoms with Crippen LogP contribution in [0, 0.1) is 28.7 Å². The van der Waals surface area contributed by atoms with Crippen molar-refractivity contribution in [2.75, 3.05) is 10.6 Å². The molecule has 0 spiro atoms. The summed E-state index contributed by atoms with van der Waals surface area (Å²) in [5.74, 6) is -7.29. The molecule has 14 heteroatoms. The van der Waals surface area contributed by atoms with Crippen LogP contribution in [0.2, 0.25) is 0 Å². The predicted molar refractivity (Wildman–Crippen MR) is 115 cm³/mol. The first-order chi connectivity index (χ1) is 17.0. The van der Waals surface area contributed by atoms with Crippen LogP contribution in [0.25, 0.3) is 0 Å². The number of halogens is 4. The molecule has 0 bridgehead atoms. The Bertz CT molecular complexity index is 1310. The van der Waals surface area contributed by atoms with Crippen molar-refractivity contribution in [3.63, 3.8) is 0 Å². The quantitative estimate of drug-likeness (QED) is 0.312. The highest BCUT2D eigenvalue weighted by atomic mass is 19.2. The molecule has 1 amide bonds. The van der Waals surface area contributed by atoms with Gasteiger partial charge in [-0.15, -0.1) is 5.10 Å². The number of benzene rings is 1. The largest absolute Gasteiger partial charge is 0.481 e. The lowest BCUT2D eigenvalue weighted by atomic mass is 9.75. The Morgan fingerprint density at radius 1 is 1.03 bits per heavy atom. The smallest absolute Gasteiger partial charge is 0.320 e. The number of anilines is 3. The van der Waals surface area contributed by atoms with Crippen LogP contribution in [-0.4, -0.2) is 38.3 Å². The van der Waals surface area contributed by atoms with Crippen LogP contribution in [-0.2, 0) is 4.79 Å². The third kappa shape index (κ3) is 5.37. The molecule has 2 aromatic heterocycles. The number of ether oxygens (including phenoxy) is 1. The van der Waals surface area contributed by atoms with Gasteiger partial charge in [-0.3, -0.25) is 9.59 Å². The first-order valence-corrected chi connectivity index (χ1v) is 10.7. The zero-order chi connectivity index (χ0) is 26.0. The summed E-state index contributed by atoms with van der Waals surface area (Å²) in [4.78, 5) is 27.6. The molecule has 0 aliphatic heterocycles. The zero-order valence-corrected chi connectivity index (χ0v) is 18.6. The summed E-state index contributed by atoms with van der Waals surface area (Å²) in [5, 5.41) is 20.6. The number of aliphatic carboxylic acids is 1. The van der Waals surface area contributed by atoms with Gasteiger partial charge >= 0.3 is 23.8 Å². The van der Waals surface area contributed by atoms with Gasteiger partial charge in [0.05, 0.1) is 23.0 Å². The minimum atomic E-state index is -1.39. The molecule has 36 heavy (non-hydrogen) atoms. The van der Waals surface area contributed by atoms with E-state index in [-0.39, 0.29) is 17.7 Å². The Hall–Kier alpha value is -4.23. The molecule has 0 atom stereocenters. The van der Waals surface area contributed by atoms with Gasteiger partial charge in [-0.05, 0) is 32.6 Å². The summed E-state index contributed by atoms with van der Waals surface area (Å²) in [6.07, 6.45) is 2.44. The number of rotatable bonds is 7. The van der Waals surface area contributed by atoms with Gasteiger partial charge in [0.2, 0.25) is 5.88 Å². The number of hydrogen-bond acceptors (Lipinski definition) is 8. The average Bonchev–Trinajstić information content (AvgIpc) is 3.29. The van der Waals surface area contributed by atoms with E-state index in [1.54, 1.807) is 6.92 Å². The Morgan fingerprint density at radius 3 is 2.36 bits per heavy atom. The fourth-order valence-electron chi connectivity index (χ4n) is 3.58. The van der Waals surface area contributed by atoms with Crippen LogP contribution in [0.1, 0.15) is 43.3 Å². The summed E-state index contributed by atoms with van der Waals surface area (Å²) in [5.41, 5.74) is -1.66. The molecular weight excluding hydrogens is 490 g/mol. The molecule has 0 saturated heterocycles. The van der Waals surface area contributed by atoms with Crippen molar-refractivity contribution in [2.24, 2.45) is 5.41 Å². The molecule has 1 saturated carbocycles. The third-order valence-electron chi connectivity index (χ3n) is 5.79. The number of nitrogens with zero attached hydrogens (tertiary/aromatic N) is 3. The molecule has 3 aromatic rings. The maximum absolute atomic E-state index is 14.5. The Morgan fingerprint density at radius 2 is 1.69 bits per heavy atom. The Balaban J connectivity index is 1.36. The highest BCUT2D eigenvalue weighted by Gasteiger charge is 2.38. The summed E-state index contributed by atoms with van der Waals surface area (Å²) < 4.78 is 65.3. The first-order valence-electron chi connectivity index (χ1n) is 10.7. The molecule has 0 radical (unpaired) electrons. The molecule has 4 rings (SSSR count). The second-order valence-corrected chi connectivity index (χ2v) is 8.42. The predicted octanol–water partition coefficient (Wildman–Crippen LogP) is 4.43. The van der Waals surface area contributed by atoms with E-state index < -0.39 is 58.2 Å². The van der Waals surface area contributed by atoms with Gasteiger partial charge in [0.1, 0.15) is 11.9 Å². The highest BCUT2D eigenvalue weighted by Crippen LogP contribution is 2.37. The summed E-state index contributed by atoms with van der Waals surface area (Å²) in [7, 11) is 0. The number of pyridine rings is 1. The number of carbonyl (C=O) groups is 2. The second-order valence-electron chi connectivity index (χ2n) is 8.42. The van der Waals surface area contributed by atoms with E-state index in [9.17, 15) is 32.3 Å². The number of carboxylic acids is 1. The van der Waals surface area contributed by atoms with E-state index in [0.717, 1.165) is 12.3 Å². The molecule has 1 aromatic carbocycles. The number of hydrogen-bond donors (Lipinski definition) is 3. The lowest BCUT2D eigenvalue weighted by Gasteiger charge is -2.33. The lowest BCUT2D eigenvalue weighted by molar-refractivity contribution is -0.150. The molecule has 3 N–H and O–H groups in total. The van der Waals surface area contributed by atoms with E-state index >= 15 is 0 Å². The number of aromatic nitrogens is 3. The summed E-state index contributed by atoms with van der Waals surface area (Å²) in [6.45, 7) is 1.67. The van der Waals surface area contributed by atoms with Crippen molar-refractivity contribution in [1.82, 2.24) is 15.2 Å². The second kappa shape index (κ2) is 9.79. The monoisotopic (exact) mass is 509 g/mol. The van der Waals surface area contributed by atoms with Crippen molar-refractivity contribution in [3.8, 4) is 5.88 Å². The molecule has 1 aliphatic rings. The average molecular weight is 509 g/mol. The number of nitrogens with one attached hydrogen (secondary N) is 2. The first kappa shape index (κ1) is 24.9.